The summed E-state index contributed by atoms with van der Waals surface area (Å²) in [6.07, 6.45) is 5.63. The molecule has 0 spiro atoms. The first-order valence-corrected chi connectivity index (χ1v) is 7.70. The second-order valence-electron chi connectivity index (χ2n) is 6.68. The fourth-order valence-electron chi connectivity index (χ4n) is 4.08. The molecule has 4 heterocycles. The molecule has 4 aliphatic rings. The number of ether oxygens (including phenoxy) is 1. The van der Waals surface area contributed by atoms with Crippen LogP contribution >= 0.6 is 0 Å². The lowest BCUT2D eigenvalue weighted by atomic mass is 9.70. The van der Waals surface area contributed by atoms with Crippen LogP contribution in [0.2, 0.25) is 0 Å². The van der Waals surface area contributed by atoms with Gasteiger partial charge in [0.05, 0.1) is 12.8 Å². The maximum absolute atomic E-state index is 5.77. The van der Waals surface area contributed by atoms with E-state index in [4.69, 9.17) is 4.74 Å². The average molecular weight is 282 g/mol. The number of nitrogens with one attached hydrogen (secondary N) is 1. The molecule has 21 heavy (non-hydrogen) atoms. The van der Waals surface area contributed by atoms with Crippen molar-refractivity contribution in [3.8, 4) is 17.0 Å². The zero-order chi connectivity index (χ0) is 13.9. The van der Waals surface area contributed by atoms with Crippen molar-refractivity contribution >= 4 is 0 Å². The lowest BCUT2D eigenvalue weighted by molar-refractivity contribution is 0.157. The molecule has 1 aromatic heterocycles. The number of hydrogen-bond acceptors (Lipinski definition) is 4. The summed E-state index contributed by atoms with van der Waals surface area (Å²) in [6, 6.07) is 7.04. The van der Waals surface area contributed by atoms with Crippen LogP contribution in [0.5, 0.6) is 5.75 Å². The first-order chi connectivity index (χ1) is 10.3. The Morgan fingerprint density at radius 3 is 3.19 bits per heavy atom. The van der Waals surface area contributed by atoms with Crippen LogP contribution < -0.4 is 10.1 Å². The molecule has 5 nitrogen and oxygen atoms in total. The summed E-state index contributed by atoms with van der Waals surface area (Å²) >= 11 is 0. The Kier molecular flexibility index (Phi) is 2.28. The van der Waals surface area contributed by atoms with E-state index in [1.165, 1.54) is 18.4 Å². The van der Waals surface area contributed by atoms with Crippen molar-refractivity contribution in [3.05, 3.63) is 30.0 Å². The molecule has 3 aliphatic heterocycles. The number of nitrogens with zero attached hydrogens (tertiary/aromatic N) is 3. The van der Waals surface area contributed by atoms with Crippen molar-refractivity contribution in [1.82, 2.24) is 20.3 Å². The molecule has 2 bridgehead atoms. The second kappa shape index (κ2) is 4.07. The molecule has 0 radical (unpaired) electrons. The molecule has 0 unspecified atom stereocenters. The third kappa shape index (κ3) is 1.73. The predicted octanol–water partition coefficient (Wildman–Crippen LogP) is 1.63. The molecule has 0 amide bonds. The molecule has 1 saturated carbocycles. The topological polar surface area (TPSA) is 52.0 Å². The van der Waals surface area contributed by atoms with E-state index < -0.39 is 0 Å². The van der Waals surface area contributed by atoms with Gasteiger partial charge in [0.2, 0.25) is 0 Å². The van der Waals surface area contributed by atoms with Crippen molar-refractivity contribution in [2.75, 3.05) is 13.2 Å². The van der Waals surface area contributed by atoms with E-state index in [1.807, 2.05) is 4.68 Å². The number of rotatable bonds is 3. The second-order valence-corrected chi connectivity index (χ2v) is 6.68. The van der Waals surface area contributed by atoms with E-state index in [0.717, 1.165) is 49.2 Å². The quantitative estimate of drug-likeness (QED) is 0.929. The molecule has 0 atom stereocenters. The van der Waals surface area contributed by atoms with Crippen LogP contribution in [0, 0.1) is 5.41 Å². The number of benzene rings is 1. The highest BCUT2D eigenvalue weighted by Crippen LogP contribution is 2.47. The summed E-state index contributed by atoms with van der Waals surface area (Å²) in [4.78, 5) is 0. The third-order valence-corrected chi connectivity index (χ3v) is 5.15. The molecule has 5 heteroatoms. The van der Waals surface area contributed by atoms with E-state index in [1.54, 1.807) is 0 Å². The first kappa shape index (κ1) is 11.7. The Labute approximate surface area is 123 Å². The minimum absolute atomic E-state index is 0.421. The SMILES string of the molecule is c1cc2c(c(-c3cn(CC45CNC(C4)C5)nn3)c1)OCC2. The monoisotopic (exact) mass is 282 g/mol. The Hall–Kier alpha value is -1.88. The van der Waals surface area contributed by atoms with Crippen LogP contribution in [-0.4, -0.2) is 34.2 Å². The molecule has 6 rings (SSSR count). The van der Waals surface area contributed by atoms with Gasteiger partial charge >= 0.3 is 0 Å². The van der Waals surface area contributed by atoms with E-state index in [2.05, 4.69) is 40.0 Å². The highest BCUT2D eigenvalue weighted by Gasteiger charge is 2.50. The molecule has 3 fully saturated rings. The smallest absolute Gasteiger partial charge is 0.132 e. The fourth-order valence-corrected chi connectivity index (χ4v) is 4.08. The lowest BCUT2D eigenvalue weighted by Gasteiger charge is -2.36. The molecular weight excluding hydrogens is 264 g/mol. The number of aromatic nitrogens is 3. The van der Waals surface area contributed by atoms with E-state index in [0.29, 0.717) is 5.41 Å². The van der Waals surface area contributed by atoms with Gasteiger partial charge in [-0.05, 0) is 24.5 Å². The maximum atomic E-state index is 5.77. The van der Waals surface area contributed by atoms with Gasteiger partial charge in [-0.1, -0.05) is 17.3 Å². The largest absolute Gasteiger partial charge is 0.492 e. The first-order valence-electron chi connectivity index (χ1n) is 7.70. The Morgan fingerprint density at radius 2 is 2.33 bits per heavy atom. The standard InChI is InChI=1S/C16H18N4O/c1-2-11-4-5-21-15(11)13(3-1)14-8-20(19-18-14)10-16-6-12(7-16)17-9-16/h1-3,8,12,17H,4-7,9-10H2. The van der Waals surface area contributed by atoms with Crippen LogP contribution in [0.4, 0.5) is 0 Å². The summed E-state index contributed by atoms with van der Waals surface area (Å²) < 4.78 is 7.77. The van der Waals surface area contributed by atoms with Crippen molar-refractivity contribution in [3.63, 3.8) is 0 Å². The zero-order valence-corrected chi connectivity index (χ0v) is 11.9. The van der Waals surface area contributed by atoms with Gasteiger partial charge in [-0.3, -0.25) is 4.68 Å². The number of para-hydroxylation sites is 1. The summed E-state index contributed by atoms with van der Waals surface area (Å²) in [6.45, 7) is 2.87. The summed E-state index contributed by atoms with van der Waals surface area (Å²) in [5.41, 5.74) is 3.70. The third-order valence-electron chi connectivity index (χ3n) is 5.15. The number of fused-ring (bicyclic) bond motifs is 2. The highest BCUT2D eigenvalue weighted by molar-refractivity contribution is 5.69. The normalized spacial score (nSPS) is 29.0. The van der Waals surface area contributed by atoms with Crippen molar-refractivity contribution in [1.29, 1.82) is 0 Å². The highest BCUT2D eigenvalue weighted by atomic mass is 16.5. The summed E-state index contributed by atoms with van der Waals surface area (Å²) in [7, 11) is 0. The van der Waals surface area contributed by atoms with E-state index >= 15 is 0 Å². The molecule has 1 N–H and O–H groups in total. The minimum atomic E-state index is 0.421. The average Bonchev–Trinajstić information content (AvgIpc) is 3.20. The van der Waals surface area contributed by atoms with Crippen molar-refractivity contribution < 1.29 is 4.74 Å². The van der Waals surface area contributed by atoms with Gasteiger partial charge in [0.15, 0.2) is 0 Å². The molecule has 2 aromatic rings. The Morgan fingerprint density at radius 1 is 1.38 bits per heavy atom. The van der Waals surface area contributed by atoms with Gasteiger partial charge in [0.1, 0.15) is 11.4 Å². The zero-order valence-electron chi connectivity index (χ0n) is 11.9. The molecule has 1 aliphatic carbocycles. The van der Waals surface area contributed by atoms with E-state index in [-0.39, 0.29) is 0 Å². The number of hydrogen-bond donors (Lipinski definition) is 1. The molecular formula is C16H18N4O. The predicted molar refractivity (Wildman–Crippen MR) is 78.1 cm³/mol. The Balaban J connectivity index is 1.45. The Bertz CT molecular complexity index is 697. The van der Waals surface area contributed by atoms with Gasteiger partial charge in [-0.15, -0.1) is 5.10 Å². The summed E-state index contributed by atoms with van der Waals surface area (Å²) in [5.74, 6) is 0.994. The fraction of sp³-hybridized carbons (Fsp3) is 0.500. The van der Waals surface area contributed by atoms with Crippen LogP contribution in [0.15, 0.2) is 24.4 Å². The molecule has 2 saturated heterocycles. The van der Waals surface area contributed by atoms with Crippen LogP contribution in [0.1, 0.15) is 18.4 Å². The van der Waals surface area contributed by atoms with Crippen molar-refractivity contribution in [2.24, 2.45) is 5.41 Å². The van der Waals surface area contributed by atoms with Gasteiger partial charge in [-0.25, -0.2) is 0 Å². The van der Waals surface area contributed by atoms with Crippen LogP contribution in [-0.2, 0) is 13.0 Å². The minimum Gasteiger partial charge on any atom is -0.492 e. The lowest BCUT2D eigenvalue weighted by Crippen LogP contribution is -2.37. The maximum Gasteiger partial charge on any atom is 0.132 e. The van der Waals surface area contributed by atoms with Gasteiger partial charge in [-0.2, -0.15) is 0 Å². The van der Waals surface area contributed by atoms with Crippen molar-refractivity contribution in [2.45, 2.75) is 31.8 Å². The van der Waals surface area contributed by atoms with Gasteiger partial charge in [0.25, 0.3) is 0 Å². The van der Waals surface area contributed by atoms with Gasteiger partial charge in [0, 0.05) is 36.5 Å². The van der Waals surface area contributed by atoms with Gasteiger partial charge < -0.3 is 10.1 Å². The van der Waals surface area contributed by atoms with Crippen LogP contribution in [0.3, 0.4) is 0 Å². The van der Waals surface area contributed by atoms with Crippen LogP contribution in [0.25, 0.3) is 11.3 Å². The summed E-state index contributed by atoms with van der Waals surface area (Å²) in [5, 5.41) is 12.2. The molecule has 1 aromatic carbocycles. The molecule has 108 valence electrons. The van der Waals surface area contributed by atoms with E-state index in [9.17, 15) is 0 Å².